The van der Waals surface area contributed by atoms with Gasteiger partial charge >= 0.3 is 5.97 Å². The number of aromatic nitrogens is 3. The van der Waals surface area contributed by atoms with Crippen molar-refractivity contribution in [2.75, 3.05) is 4.72 Å². The van der Waals surface area contributed by atoms with Gasteiger partial charge in [-0.15, -0.1) is 0 Å². The van der Waals surface area contributed by atoms with Crippen LogP contribution >= 0.6 is 0 Å². The zero-order chi connectivity index (χ0) is 22.9. The molecular weight excluding hydrogens is 428 g/mol. The fraction of sp³-hybridized carbons (Fsp3) is 0.348. The Kier molecular flexibility index (Phi) is 6.01. The molecule has 2 N–H and O–H groups in total. The summed E-state index contributed by atoms with van der Waals surface area (Å²) in [6, 6.07) is 9.72. The number of sulfonamides is 1. The van der Waals surface area contributed by atoms with Gasteiger partial charge in [-0.05, 0) is 67.1 Å². The number of carboxylic acids is 1. The molecule has 0 radical (unpaired) electrons. The van der Waals surface area contributed by atoms with Gasteiger partial charge in [0.25, 0.3) is 10.0 Å². The predicted molar refractivity (Wildman–Crippen MR) is 121 cm³/mol. The minimum absolute atomic E-state index is 0.0175. The highest BCUT2D eigenvalue weighted by Gasteiger charge is 2.26. The topological polar surface area (TPSA) is 114 Å². The third-order valence-corrected chi connectivity index (χ3v) is 7.19. The van der Waals surface area contributed by atoms with Crippen molar-refractivity contribution in [2.45, 2.75) is 56.8 Å². The van der Waals surface area contributed by atoms with E-state index in [2.05, 4.69) is 28.7 Å². The van der Waals surface area contributed by atoms with Crippen LogP contribution in [0.1, 0.15) is 66.3 Å². The van der Waals surface area contributed by atoms with Gasteiger partial charge in [0, 0.05) is 5.92 Å². The van der Waals surface area contributed by atoms with Crippen LogP contribution in [-0.4, -0.2) is 34.3 Å². The minimum Gasteiger partial charge on any atom is -0.478 e. The smallest absolute Gasteiger partial charge is 0.335 e. The zero-order valence-corrected chi connectivity index (χ0v) is 18.9. The van der Waals surface area contributed by atoms with Crippen molar-refractivity contribution in [3.05, 3.63) is 65.2 Å². The molecule has 0 spiro atoms. The van der Waals surface area contributed by atoms with Crippen LogP contribution in [0, 0.1) is 0 Å². The molecular formula is C23H26N4O4S. The number of hydrogen-bond acceptors (Lipinski definition) is 5. The summed E-state index contributed by atoms with van der Waals surface area (Å²) in [4.78, 5) is 15.9. The Bertz CT molecular complexity index is 1270. The fourth-order valence-electron chi connectivity index (χ4n) is 4.14. The molecule has 1 aromatic heterocycles. The summed E-state index contributed by atoms with van der Waals surface area (Å²) in [5, 5.41) is 13.9. The first kappa shape index (κ1) is 22.0. The van der Waals surface area contributed by atoms with Crippen molar-refractivity contribution in [3.63, 3.8) is 0 Å². The molecule has 168 valence electrons. The number of nitrogens with zero attached hydrogens (tertiary/aromatic N) is 3. The third-order valence-electron chi connectivity index (χ3n) is 5.75. The van der Waals surface area contributed by atoms with E-state index in [0.717, 1.165) is 30.7 Å². The van der Waals surface area contributed by atoms with E-state index in [4.69, 9.17) is 0 Å². The highest BCUT2D eigenvalue weighted by Crippen LogP contribution is 2.31. The van der Waals surface area contributed by atoms with Crippen LogP contribution in [0.2, 0.25) is 0 Å². The SMILES string of the molecule is CCCC(C)c1ncn(-c2cccc(NS(=O)(=O)c3cc(C(=O)O)cc4c3CCC4)c2)n1. The largest absolute Gasteiger partial charge is 0.478 e. The van der Waals surface area contributed by atoms with Gasteiger partial charge in [-0.2, -0.15) is 5.10 Å². The summed E-state index contributed by atoms with van der Waals surface area (Å²) in [6.07, 6.45) is 5.76. The number of carbonyl (C=O) groups is 1. The Labute approximate surface area is 187 Å². The van der Waals surface area contributed by atoms with Crippen LogP contribution < -0.4 is 4.72 Å². The Morgan fingerprint density at radius 1 is 1.25 bits per heavy atom. The number of benzene rings is 2. The second-order valence-electron chi connectivity index (χ2n) is 8.16. The predicted octanol–water partition coefficient (Wildman–Crippen LogP) is 4.16. The number of anilines is 1. The third kappa shape index (κ3) is 4.38. The number of aryl methyl sites for hydroxylation is 1. The normalized spacial score (nSPS) is 14.2. The Morgan fingerprint density at radius 2 is 2.06 bits per heavy atom. The van der Waals surface area contributed by atoms with E-state index in [1.807, 2.05) is 6.07 Å². The molecule has 2 aromatic carbocycles. The van der Waals surface area contributed by atoms with Crippen molar-refractivity contribution < 1.29 is 18.3 Å². The molecule has 0 fully saturated rings. The summed E-state index contributed by atoms with van der Waals surface area (Å²) in [6.45, 7) is 4.20. The number of aromatic carboxylic acids is 1. The maximum atomic E-state index is 13.2. The van der Waals surface area contributed by atoms with Gasteiger partial charge < -0.3 is 5.11 Å². The zero-order valence-electron chi connectivity index (χ0n) is 18.1. The Hall–Kier alpha value is -3.20. The summed E-state index contributed by atoms with van der Waals surface area (Å²) < 4.78 is 30.7. The van der Waals surface area contributed by atoms with E-state index >= 15 is 0 Å². The van der Waals surface area contributed by atoms with Crippen LogP contribution in [0.25, 0.3) is 5.69 Å². The summed E-state index contributed by atoms with van der Waals surface area (Å²) in [5.41, 5.74) is 2.52. The van der Waals surface area contributed by atoms with Crippen molar-refractivity contribution in [3.8, 4) is 5.69 Å². The first-order chi connectivity index (χ1) is 15.3. The van der Waals surface area contributed by atoms with E-state index in [1.165, 1.54) is 6.07 Å². The van der Waals surface area contributed by atoms with Crippen molar-refractivity contribution in [1.29, 1.82) is 0 Å². The van der Waals surface area contributed by atoms with E-state index in [9.17, 15) is 18.3 Å². The van der Waals surface area contributed by atoms with E-state index in [0.29, 0.717) is 29.8 Å². The molecule has 1 heterocycles. The van der Waals surface area contributed by atoms with Gasteiger partial charge in [-0.1, -0.05) is 26.3 Å². The lowest BCUT2D eigenvalue weighted by atomic mass is 10.1. The Morgan fingerprint density at radius 3 is 2.81 bits per heavy atom. The number of hydrogen-bond donors (Lipinski definition) is 2. The maximum absolute atomic E-state index is 13.2. The second kappa shape index (κ2) is 8.74. The van der Waals surface area contributed by atoms with Gasteiger partial charge in [0.1, 0.15) is 6.33 Å². The molecule has 0 saturated heterocycles. The molecule has 32 heavy (non-hydrogen) atoms. The number of carboxylic acid groups (broad SMARTS) is 1. The van der Waals surface area contributed by atoms with Gasteiger partial charge in [0.2, 0.25) is 0 Å². The highest BCUT2D eigenvalue weighted by atomic mass is 32.2. The average molecular weight is 455 g/mol. The molecule has 1 atom stereocenters. The first-order valence-corrected chi connectivity index (χ1v) is 12.2. The van der Waals surface area contributed by atoms with E-state index in [-0.39, 0.29) is 16.4 Å². The van der Waals surface area contributed by atoms with Crippen LogP contribution in [0.5, 0.6) is 0 Å². The standard InChI is InChI=1S/C23H26N4O4S/c1-3-6-15(2)22-24-14-27(25-22)19-9-5-8-18(13-19)26-32(30,31)21-12-17(23(28)29)11-16-7-4-10-20(16)21/h5,8-9,11-15,26H,3-4,6-7,10H2,1-2H3,(H,28,29). The van der Waals surface area contributed by atoms with E-state index < -0.39 is 16.0 Å². The fourth-order valence-corrected chi connectivity index (χ4v) is 5.53. The van der Waals surface area contributed by atoms with Crippen molar-refractivity contribution >= 4 is 21.7 Å². The molecule has 0 amide bonds. The first-order valence-electron chi connectivity index (χ1n) is 10.7. The maximum Gasteiger partial charge on any atom is 0.335 e. The monoisotopic (exact) mass is 454 g/mol. The summed E-state index contributed by atoms with van der Waals surface area (Å²) >= 11 is 0. The minimum atomic E-state index is -3.97. The van der Waals surface area contributed by atoms with Gasteiger partial charge in [0.05, 0.1) is 21.8 Å². The highest BCUT2D eigenvalue weighted by molar-refractivity contribution is 7.92. The average Bonchev–Trinajstić information content (AvgIpc) is 3.42. The molecule has 0 aliphatic heterocycles. The summed E-state index contributed by atoms with van der Waals surface area (Å²) in [7, 11) is -3.97. The molecule has 1 unspecified atom stereocenters. The lowest BCUT2D eigenvalue weighted by Crippen LogP contribution is -2.16. The van der Waals surface area contributed by atoms with Crippen LogP contribution in [-0.2, 0) is 22.9 Å². The molecule has 4 rings (SSSR count). The van der Waals surface area contributed by atoms with Crippen LogP contribution in [0.3, 0.4) is 0 Å². The molecule has 9 heteroatoms. The number of fused-ring (bicyclic) bond motifs is 1. The molecule has 0 bridgehead atoms. The molecule has 1 aliphatic rings. The summed E-state index contributed by atoms with van der Waals surface area (Å²) in [5.74, 6) is -0.150. The lowest BCUT2D eigenvalue weighted by Gasteiger charge is -2.14. The van der Waals surface area contributed by atoms with Gasteiger partial charge in [-0.3, -0.25) is 4.72 Å². The van der Waals surface area contributed by atoms with Crippen LogP contribution in [0.15, 0.2) is 47.6 Å². The molecule has 0 saturated carbocycles. The Balaban J connectivity index is 1.64. The molecule has 8 nitrogen and oxygen atoms in total. The van der Waals surface area contributed by atoms with Gasteiger partial charge in [-0.25, -0.2) is 22.9 Å². The lowest BCUT2D eigenvalue weighted by molar-refractivity contribution is 0.0696. The van der Waals surface area contributed by atoms with E-state index in [1.54, 1.807) is 35.3 Å². The van der Waals surface area contributed by atoms with Crippen LogP contribution in [0.4, 0.5) is 5.69 Å². The second-order valence-corrected chi connectivity index (χ2v) is 9.81. The van der Waals surface area contributed by atoms with Gasteiger partial charge in [0.15, 0.2) is 5.82 Å². The quantitative estimate of drug-likeness (QED) is 0.528. The molecule has 3 aromatic rings. The van der Waals surface area contributed by atoms with Crippen molar-refractivity contribution in [2.24, 2.45) is 0 Å². The van der Waals surface area contributed by atoms with Crippen molar-refractivity contribution in [1.82, 2.24) is 14.8 Å². The number of rotatable bonds is 8. The molecule has 1 aliphatic carbocycles. The number of nitrogens with one attached hydrogen (secondary N) is 1.